The van der Waals surface area contributed by atoms with Gasteiger partial charge in [-0.05, 0) is 25.0 Å². The zero-order valence-electron chi connectivity index (χ0n) is 13.6. The van der Waals surface area contributed by atoms with Crippen molar-refractivity contribution in [2.45, 2.75) is 37.5 Å². The number of ether oxygens (including phenoxy) is 1. The SMILES string of the molecule is CCC(CC(C)C(=O)OCCO)c1ccc(S(=O)(=O)[O-])cn1.[Na+]. The zero-order valence-corrected chi connectivity index (χ0v) is 16.4. The molecule has 2 unspecified atom stereocenters. The van der Waals surface area contributed by atoms with Crippen LogP contribution in [0.1, 0.15) is 38.3 Å². The third-order valence-electron chi connectivity index (χ3n) is 3.34. The molecule has 1 heterocycles. The van der Waals surface area contributed by atoms with E-state index in [1.165, 1.54) is 12.1 Å². The molecule has 1 aromatic heterocycles. The van der Waals surface area contributed by atoms with Crippen LogP contribution in [0.4, 0.5) is 0 Å². The molecule has 0 fully saturated rings. The number of hydrogen-bond donors (Lipinski definition) is 1. The Morgan fingerprint density at radius 3 is 2.52 bits per heavy atom. The van der Waals surface area contributed by atoms with Gasteiger partial charge in [0.1, 0.15) is 16.7 Å². The summed E-state index contributed by atoms with van der Waals surface area (Å²) in [6, 6.07) is 2.72. The van der Waals surface area contributed by atoms with Crippen LogP contribution in [0.15, 0.2) is 23.2 Å². The van der Waals surface area contributed by atoms with Crippen LogP contribution in [0.25, 0.3) is 0 Å². The molecule has 9 heteroatoms. The van der Waals surface area contributed by atoms with E-state index in [0.717, 1.165) is 6.20 Å². The summed E-state index contributed by atoms with van der Waals surface area (Å²) in [5, 5.41) is 8.63. The Hall–Kier alpha value is -0.510. The van der Waals surface area contributed by atoms with Crippen LogP contribution in [-0.2, 0) is 19.6 Å². The normalized spacial score (nSPS) is 13.7. The average molecular weight is 353 g/mol. The maximum atomic E-state index is 11.7. The maximum absolute atomic E-state index is 11.7. The molecule has 0 aliphatic heterocycles. The largest absolute Gasteiger partial charge is 1.00 e. The Labute approximate surface area is 158 Å². The van der Waals surface area contributed by atoms with Crippen LogP contribution in [0.3, 0.4) is 0 Å². The first-order valence-electron chi connectivity index (χ1n) is 6.98. The Kier molecular flexibility index (Phi) is 10.1. The summed E-state index contributed by atoms with van der Waals surface area (Å²) in [5.41, 5.74) is 0.622. The van der Waals surface area contributed by atoms with Crippen molar-refractivity contribution in [3.05, 3.63) is 24.0 Å². The fraction of sp³-hybridized carbons (Fsp3) is 0.571. The van der Waals surface area contributed by atoms with E-state index in [1.807, 2.05) is 6.92 Å². The Bertz CT molecular complexity index is 590. The van der Waals surface area contributed by atoms with Crippen LogP contribution in [0.2, 0.25) is 0 Å². The van der Waals surface area contributed by atoms with Gasteiger partial charge in [-0.2, -0.15) is 0 Å². The van der Waals surface area contributed by atoms with Crippen molar-refractivity contribution in [3.8, 4) is 0 Å². The summed E-state index contributed by atoms with van der Waals surface area (Å²) >= 11 is 0. The van der Waals surface area contributed by atoms with E-state index in [4.69, 9.17) is 9.84 Å². The molecule has 23 heavy (non-hydrogen) atoms. The van der Waals surface area contributed by atoms with Crippen molar-refractivity contribution in [1.29, 1.82) is 0 Å². The molecule has 0 amide bonds. The minimum absolute atomic E-state index is 0. The molecule has 7 nitrogen and oxygen atoms in total. The number of aliphatic hydroxyl groups excluding tert-OH is 1. The second-order valence-electron chi connectivity index (χ2n) is 5.01. The molecule has 0 spiro atoms. The first-order valence-corrected chi connectivity index (χ1v) is 8.39. The smallest absolute Gasteiger partial charge is 0.744 e. The molecule has 0 saturated carbocycles. The number of aliphatic hydroxyl groups is 1. The van der Waals surface area contributed by atoms with Gasteiger partial charge in [0.05, 0.1) is 17.4 Å². The maximum Gasteiger partial charge on any atom is 1.00 e. The van der Waals surface area contributed by atoms with Gasteiger partial charge in [0.25, 0.3) is 0 Å². The summed E-state index contributed by atoms with van der Waals surface area (Å²) in [5.74, 6) is -0.826. The van der Waals surface area contributed by atoms with Gasteiger partial charge in [-0.15, -0.1) is 0 Å². The third kappa shape index (κ3) is 7.28. The van der Waals surface area contributed by atoms with Crippen LogP contribution < -0.4 is 29.6 Å². The first-order chi connectivity index (χ1) is 10.3. The number of hydrogen-bond acceptors (Lipinski definition) is 7. The summed E-state index contributed by atoms with van der Waals surface area (Å²) in [6.07, 6.45) is 2.22. The van der Waals surface area contributed by atoms with E-state index < -0.39 is 16.1 Å². The van der Waals surface area contributed by atoms with Gasteiger partial charge in [-0.1, -0.05) is 13.8 Å². The summed E-state index contributed by atoms with van der Waals surface area (Å²) in [4.78, 5) is 15.3. The molecule has 1 rings (SSSR count). The topological polar surface area (TPSA) is 117 Å². The fourth-order valence-corrected chi connectivity index (χ4v) is 2.51. The molecular weight excluding hydrogens is 333 g/mol. The van der Waals surface area contributed by atoms with E-state index in [2.05, 4.69) is 4.98 Å². The Morgan fingerprint density at radius 2 is 2.09 bits per heavy atom. The average Bonchev–Trinajstić information content (AvgIpc) is 2.49. The molecular formula is C14H20NNaO6S. The van der Waals surface area contributed by atoms with Crippen molar-refractivity contribution < 1.29 is 57.2 Å². The minimum atomic E-state index is -4.51. The van der Waals surface area contributed by atoms with Gasteiger partial charge >= 0.3 is 35.5 Å². The summed E-state index contributed by atoms with van der Waals surface area (Å²) in [6.45, 7) is 3.39. The minimum Gasteiger partial charge on any atom is -0.744 e. The van der Waals surface area contributed by atoms with Crippen molar-refractivity contribution in [3.63, 3.8) is 0 Å². The van der Waals surface area contributed by atoms with Crippen LogP contribution >= 0.6 is 0 Å². The van der Waals surface area contributed by atoms with Gasteiger partial charge in [0.2, 0.25) is 0 Å². The number of aromatic nitrogens is 1. The number of esters is 1. The Morgan fingerprint density at radius 1 is 1.43 bits per heavy atom. The molecule has 0 aliphatic carbocycles. The number of carbonyl (C=O) groups is 1. The zero-order chi connectivity index (χ0) is 16.8. The van der Waals surface area contributed by atoms with Gasteiger partial charge in [0.15, 0.2) is 0 Å². The second kappa shape index (κ2) is 10.4. The number of pyridine rings is 1. The van der Waals surface area contributed by atoms with E-state index in [0.29, 0.717) is 18.5 Å². The summed E-state index contributed by atoms with van der Waals surface area (Å²) < 4.78 is 37.5. The van der Waals surface area contributed by atoms with E-state index in [-0.39, 0.29) is 59.5 Å². The van der Waals surface area contributed by atoms with Gasteiger partial charge in [-0.3, -0.25) is 9.78 Å². The Balaban J connectivity index is 0.00000484. The third-order valence-corrected chi connectivity index (χ3v) is 4.15. The molecule has 0 bridgehead atoms. The van der Waals surface area contributed by atoms with Crippen molar-refractivity contribution in [2.24, 2.45) is 5.92 Å². The standard InChI is InChI=1S/C14H21NO6S.Na/c1-3-11(8-10(2)14(17)21-7-6-16)13-5-4-12(9-15-13)22(18,19)20;/h4-5,9-11,16H,3,6-8H2,1-2H3,(H,18,19,20);/q;+1/p-1. The molecule has 0 aromatic carbocycles. The second-order valence-corrected chi connectivity index (χ2v) is 6.39. The van der Waals surface area contributed by atoms with Crippen molar-refractivity contribution >= 4 is 16.1 Å². The predicted molar refractivity (Wildman–Crippen MR) is 77.1 cm³/mol. The monoisotopic (exact) mass is 353 g/mol. The van der Waals surface area contributed by atoms with Crippen molar-refractivity contribution in [2.75, 3.05) is 13.2 Å². The molecule has 0 saturated heterocycles. The molecule has 1 aromatic rings. The van der Waals surface area contributed by atoms with Gasteiger partial charge < -0.3 is 14.4 Å². The van der Waals surface area contributed by atoms with Gasteiger partial charge in [0, 0.05) is 17.8 Å². The predicted octanol–water partition coefficient (Wildman–Crippen LogP) is -1.95. The van der Waals surface area contributed by atoms with Crippen LogP contribution in [0, 0.1) is 5.92 Å². The van der Waals surface area contributed by atoms with E-state index >= 15 is 0 Å². The number of rotatable bonds is 8. The van der Waals surface area contributed by atoms with Gasteiger partial charge in [-0.25, -0.2) is 8.42 Å². The van der Waals surface area contributed by atoms with Crippen LogP contribution in [-0.4, -0.2) is 42.2 Å². The number of carbonyl (C=O) groups excluding carboxylic acids is 1. The number of nitrogens with zero attached hydrogens (tertiary/aromatic N) is 1. The molecule has 1 N–H and O–H groups in total. The van der Waals surface area contributed by atoms with E-state index in [1.54, 1.807) is 6.92 Å². The molecule has 124 valence electrons. The van der Waals surface area contributed by atoms with Crippen molar-refractivity contribution in [1.82, 2.24) is 4.98 Å². The van der Waals surface area contributed by atoms with E-state index in [9.17, 15) is 17.8 Å². The van der Waals surface area contributed by atoms with Crippen LogP contribution in [0.5, 0.6) is 0 Å². The molecule has 0 aliphatic rings. The molecule has 2 atom stereocenters. The summed E-state index contributed by atoms with van der Waals surface area (Å²) in [7, 11) is -4.51. The molecule has 0 radical (unpaired) electrons. The quantitative estimate of drug-likeness (QED) is 0.328. The fourth-order valence-electron chi connectivity index (χ4n) is 2.09. The first kappa shape index (κ1) is 22.5.